The van der Waals surface area contributed by atoms with Crippen molar-refractivity contribution in [3.63, 3.8) is 0 Å². The van der Waals surface area contributed by atoms with E-state index in [1.807, 2.05) is 6.92 Å². The van der Waals surface area contributed by atoms with E-state index in [1.165, 1.54) is 6.07 Å². The fraction of sp³-hybridized carbons (Fsp3) is 0.533. The number of rotatable bonds is 4. The summed E-state index contributed by atoms with van der Waals surface area (Å²) in [7, 11) is 0. The standard InChI is InChI=1S/C15H18F3N3O/c1-9(10-2-3-10)20-13-5-4-11(6-12(13)15(16,17)18)14-7-22-8-19-21-14/h4-6,9-10,19-20H,2-3,7-8H2,1H3/t9-/m1/s1. The van der Waals surface area contributed by atoms with Gasteiger partial charge in [0.25, 0.3) is 0 Å². The Hall–Kier alpha value is -1.76. The van der Waals surface area contributed by atoms with Crippen molar-refractivity contribution in [1.82, 2.24) is 5.43 Å². The third-order valence-electron chi connectivity index (χ3n) is 3.99. The molecule has 1 heterocycles. The summed E-state index contributed by atoms with van der Waals surface area (Å²) in [6.45, 7) is 2.40. The lowest BCUT2D eigenvalue weighted by molar-refractivity contribution is -0.137. The van der Waals surface area contributed by atoms with Crippen molar-refractivity contribution in [3.05, 3.63) is 29.3 Å². The van der Waals surface area contributed by atoms with Crippen LogP contribution in [0.2, 0.25) is 0 Å². The van der Waals surface area contributed by atoms with Crippen LogP contribution in [0.5, 0.6) is 0 Å². The highest BCUT2D eigenvalue weighted by atomic mass is 19.4. The summed E-state index contributed by atoms with van der Waals surface area (Å²) < 4.78 is 45.2. The zero-order valence-electron chi connectivity index (χ0n) is 12.2. The van der Waals surface area contributed by atoms with Gasteiger partial charge in [0, 0.05) is 17.3 Å². The minimum atomic E-state index is -4.41. The summed E-state index contributed by atoms with van der Waals surface area (Å²) in [4.78, 5) is 0. The predicted molar refractivity (Wildman–Crippen MR) is 77.7 cm³/mol. The number of halogens is 3. The van der Waals surface area contributed by atoms with Gasteiger partial charge < -0.3 is 10.1 Å². The monoisotopic (exact) mass is 313 g/mol. The van der Waals surface area contributed by atoms with Gasteiger partial charge in [-0.05, 0) is 37.8 Å². The van der Waals surface area contributed by atoms with Gasteiger partial charge in [-0.3, -0.25) is 5.43 Å². The third-order valence-corrected chi connectivity index (χ3v) is 3.99. The minimum absolute atomic E-state index is 0.0453. The summed E-state index contributed by atoms with van der Waals surface area (Å²) in [5.74, 6) is 0.473. The molecule has 0 amide bonds. The fourth-order valence-corrected chi connectivity index (χ4v) is 2.54. The number of hydrogen-bond acceptors (Lipinski definition) is 4. The van der Waals surface area contributed by atoms with Crippen LogP contribution in [0.15, 0.2) is 23.3 Å². The van der Waals surface area contributed by atoms with E-state index in [2.05, 4.69) is 15.8 Å². The summed E-state index contributed by atoms with van der Waals surface area (Å²) in [5.41, 5.74) is 2.99. The third kappa shape index (κ3) is 3.35. The van der Waals surface area contributed by atoms with Crippen molar-refractivity contribution in [1.29, 1.82) is 0 Å². The smallest absolute Gasteiger partial charge is 0.382 e. The van der Waals surface area contributed by atoms with E-state index in [4.69, 9.17) is 4.74 Å². The number of anilines is 1. The van der Waals surface area contributed by atoms with Crippen molar-refractivity contribution in [3.8, 4) is 0 Å². The number of benzene rings is 1. The van der Waals surface area contributed by atoms with E-state index in [-0.39, 0.29) is 25.1 Å². The Labute approximate surface area is 126 Å². The first-order valence-corrected chi connectivity index (χ1v) is 7.30. The van der Waals surface area contributed by atoms with E-state index in [0.29, 0.717) is 17.2 Å². The first kappa shape index (κ1) is 15.1. The molecule has 1 aromatic carbocycles. The number of nitrogens with zero attached hydrogens (tertiary/aromatic N) is 1. The second-order valence-electron chi connectivity index (χ2n) is 5.74. The molecule has 2 N–H and O–H groups in total. The van der Waals surface area contributed by atoms with Gasteiger partial charge >= 0.3 is 6.18 Å². The van der Waals surface area contributed by atoms with Gasteiger partial charge in [0.1, 0.15) is 6.73 Å². The van der Waals surface area contributed by atoms with Gasteiger partial charge in [-0.25, -0.2) is 0 Å². The predicted octanol–water partition coefficient (Wildman–Crippen LogP) is 3.20. The van der Waals surface area contributed by atoms with Crippen molar-refractivity contribution in [2.75, 3.05) is 18.7 Å². The van der Waals surface area contributed by atoms with Crippen molar-refractivity contribution in [2.24, 2.45) is 11.0 Å². The van der Waals surface area contributed by atoms with Gasteiger partial charge in [-0.2, -0.15) is 18.3 Å². The van der Waals surface area contributed by atoms with E-state index in [0.717, 1.165) is 18.9 Å². The number of alkyl halides is 3. The summed E-state index contributed by atoms with van der Waals surface area (Å²) >= 11 is 0. The van der Waals surface area contributed by atoms with Gasteiger partial charge in [-0.15, -0.1) is 0 Å². The lowest BCUT2D eigenvalue weighted by atomic mass is 10.0. The molecule has 4 nitrogen and oxygen atoms in total. The average Bonchev–Trinajstić information content (AvgIpc) is 3.32. The van der Waals surface area contributed by atoms with Crippen LogP contribution in [0.25, 0.3) is 0 Å². The molecule has 1 saturated carbocycles. The number of hydrazone groups is 1. The van der Waals surface area contributed by atoms with E-state index in [1.54, 1.807) is 6.07 Å². The summed E-state index contributed by atoms with van der Waals surface area (Å²) in [5, 5.41) is 7.01. The molecule has 0 saturated heterocycles. The van der Waals surface area contributed by atoms with Crippen molar-refractivity contribution >= 4 is 11.4 Å². The Morgan fingerprint density at radius 1 is 1.36 bits per heavy atom. The van der Waals surface area contributed by atoms with Crippen LogP contribution in [-0.2, 0) is 10.9 Å². The fourth-order valence-electron chi connectivity index (χ4n) is 2.54. The highest BCUT2D eigenvalue weighted by molar-refractivity contribution is 6.02. The molecule has 0 unspecified atom stereocenters. The van der Waals surface area contributed by atoms with Crippen LogP contribution in [0.1, 0.15) is 30.9 Å². The minimum Gasteiger partial charge on any atom is -0.382 e. The van der Waals surface area contributed by atoms with Crippen LogP contribution >= 0.6 is 0 Å². The van der Waals surface area contributed by atoms with Crippen LogP contribution < -0.4 is 10.7 Å². The number of hydrogen-bond donors (Lipinski definition) is 2. The van der Waals surface area contributed by atoms with E-state index >= 15 is 0 Å². The van der Waals surface area contributed by atoms with Crippen LogP contribution in [-0.4, -0.2) is 25.1 Å². The molecule has 22 heavy (non-hydrogen) atoms. The molecular formula is C15H18F3N3O. The second kappa shape index (κ2) is 5.79. The number of ether oxygens (including phenoxy) is 1. The maximum absolute atomic E-state index is 13.3. The molecule has 1 fully saturated rings. The second-order valence-corrected chi connectivity index (χ2v) is 5.74. The molecule has 1 aliphatic heterocycles. The quantitative estimate of drug-likeness (QED) is 0.897. The summed E-state index contributed by atoms with van der Waals surface area (Å²) in [6, 6.07) is 4.31. The lowest BCUT2D eigenvalue weighted by Crippen LogP contribution is -2.27. The lowest BCUT2D eigenvalue weighted by Gasteiger charge is -2.21. The van der Waals surface area contributed by atoms with E-state index < -0.39 is 11.7 Å². The average molecular weight is 313 g/mol. The van der Waals surface area contributed by atoms with Crippen LogP contribution in [0.3, 0.4) is 0 Å². The van der Waals surface area contributed by atoms with Gasteiger partial charge in [0.05, 0.1) is 17.9 Å². The Balaban J connectivity index is 1.90. The van der Waals surface area contributed by atoms with Gasteiger partial charge in [0.2, 0.25) is 0 Å². The molecule has 1 aromatic rings. The maximum Gasteiger partial charge on any atom is 0.418 e. The molecule has 0 spiro atoms. The highest BCUT2D eigenvalue weighted by Gasteiger charge is 2.36. The first-order chi connectivity index (χ1) is 10.4. The first-order valence-electron chi connectivity index (χ1n) is 7.30. The molecule has 0 bridgehead atoms. The Morgan fingerprint density at radius 3 is 2.73 bits per heavy atom. The zero-order valence-corrected chi connectivity index (χ0v) is 12.2. The molecule has 1 aliphatic carbocycles. The summed E-state index contributed by atoms with van der Waals surface area (Å²) in [6.07, 6.45) is -2.26. The van der Waals surface area contributed by atoms with Crippen LogP contribution in [0, 0.1) is 5.92 Å². The molecule has 0 aromatic heterocycles. The zero-order chi connectivity index (χ0) is 15.7. The Morgan fingerprint density at radius 2 is 2.14 bits per heavy atom. The molecule has 3 rings (SSSR count). The molecule has 0 radical (unpaired) electrons. The van der Waals surface area contributed by atoms with E-state index in [9.17, 15) is 13.2 Å². The highest BCUT2D eigenvalue weighted by Crippen LogP contribution is 2.39. The normalized spacial score (nSPS) is 20.1. The van der Waals surface area contributed by atoms with Crippen molar-refractivity contribution < 1.29 is 17.9 Å². The Kier molecular flexibility index (Phi) is 3.99. The maximum atomic E-state index is 13.3. The Bertz CT molecular complexity index is 582. The van der Waals surface area contributed by atoms with Crippen LogP contribution in [0.4, 0.5) is 18.9 Å². The molecular weight excluding hydrogens is 295 g/mol. The SMILES string of the molecule is C[C@@H](Nc1ccc(C2=NNCOC2)cc1C(F)(F)F)C1CC1. The number of nitrogens with one attached hydrogen (secondary N) is 2. The topological polar surface area (TPSA) is 45.7 Å². The largest absolute Gasteiger partial charge is 0.418 e. The molecule has 7 heteroatoms. The molecule has 2 aliphatic rings. The molecule has 1 atom stereocenters. The molecule has 120 valence electrons. The van der Waals surface area contributed by atoms with Gasteiger partial charge in [-0.1, -0.05) is 6.07 Å². The van der Waals surface area contributed by atoms with Crippen molar-refractivity contribution in [2.45, 2.75) is 32.0 Å². The van der Waals surface area contributed by atoms with Gasteiger partial charge in [0.15, 0.2) is 0 Å².